The van der Waals surface area contributed by atoms with Crippen molar-refractivity contribution in [3.05, 3.63) is 0 Å². The molecule has 0 saturated heterocycles. The average molecular weight is 202 g/mol. The van der Waals surface area contributed by atoms with Gasteiger partial charge in [-0.3, -0.25) is 11.3 Å². The molecule has 0 aromatic heterocycles. The number of hydrazine groups is 1. The molecule has 0 aliphatic heterocycles. The second kappa shape index (κ2) is 4.67. The second-order valence-electron chi connectivity index (χ2n) is 4.89. The summed E-state index contributed by atoms with van der Waals surface area (Å²) in [6, 6.07) is 0.526. The Morgan fingerprint density at radius 3 is 2.38 bits per heavy atom. The van der Waals surface area contributed by atoms with E-state index in [4.69, 9.17) is 5.84 Å². The molecule has 0 spiro atoms. The van der Waals surface area contributed by atoms with E-state index >= 15 is 0 Å². The molecule has 78 valence electrons. The first-order chi connectivity index (χ1) is 6.03. The lowest BCUT2D eigenvalue weighted by atomic mass is 9.80. The molecule has 0 bridgehead atoms. The summed E-state index contributed by atoms with van der Waals surface area (Å²) < 4.78 is 0.360. The van der Waals surface area contributed by atoms with Crippen LogP contribution in [-0.4, -0.2) is 16.5 Å². The summed E-state index contributed by atoms with van der Waals surface area (Å²) in [4.78, 5) is 0. The first-order valence-electron chi connectivity index (χ1n) is 5.13. The smallest absolute Gasteiger partial charge is 0.0329 e. The van der Waals surface area contributed by atoms with Crippen LogP contribution in [-0.2, 0) is 0 Å². The summed E-state index contributed by atoms with van der Waals surface area (Å²) in [7, 11) is 0. The summed E-state index contributed by atoms with van der Waals surface area (Å²) in [6.45, 7) is 6.77. The molecular formula is C10H22N2S. The summed E-state index contributed by atoms with van der Waals surface area (Å²) in [5, 5.41) is 0. The molecular weight excluding hydrogens is 180 g/mol. The number of nitrogens with one attached hydrogen (secondary N) is 1. The third-order valence-corrected chi connectivity index (χ3v) is 4.02. The molecule has 0 heterocycles. The number of thioether (sulfide) groups is 1. The van der Waals surface area contributed by atoms with Crippen molar-refractivity contribution >= 4 is 11.8 Å². The van der Waals surface area contributed by atoms with Crippen molar-refractivity contribution in [3.8, 4) is 0 Å². The molecule has 1 aliphatic rings. The average Bonchev–Trinajstić information content (AvgIpc) is 1.91. The highest BCUT2D eigenvalue weighted by atomic mass is 32.2. The van der Waals surface area contributed by atoms with Crippen LogP contribution in [0.1, 0.15) is 40.0 Å². The van der Waals surface area contributed by atoms with Gasteiger partial charge < -0.3 is 0 Å². The van der Waals surface area contributed by atoms with Crippen LogP contribution in [0.4, 0.5) is 0 Å². The van der Waals surface area contributed by atoms with Gasteiger partial charge in [-0.15, -0.1) is 0 Å². The van der Waals surface area contributed by atoms with E-state index in [2.05, 4.69) is 26.2 Å². The van der Waals surface area contributed by atoms with Crippen LogP contribution in [0.5, 0.6) is 0 Å². The Morgan fingerprint density at radius 1 is 1.46 bits per heavy atom. The molecule has 1 fully saturated rings. The van der Waals surface area contributed by atoms with Crippen LogP contribution in [0.3, 0.4) is 0 Å². The van der Waals surface area contributed by atoms with Crippen molar-refractivity contribution in [2.75, 3.05) is 5.75 Å². The van der Waals surface area contributed by atoms with Gasteiger partial charge in [0.15, 0.2) is 0 Å². The summed E-state index contributed by atoms with van der Waals surface area (Å²) >= 11 is 2.00. The Bertz CT molecular complexity index is 149. The maximum Gasteiger partial charge on any atom is 0.0329 e. The van der Waals surface area contributed by atoms with E-state index in [9.17, 15) is 0 Å². The summed E-state index contributed by atoms with van der Waals surface area (Å²) in [5.74, 6) is 7.53. The van der Waals surface area contributed by atoms with Gasteiger partial charge in [-0.25, -0.2) is 0 Å². The topological polar surface area (TPSA) is 38.0 Å². The Balaban J connectivity index is 2.23. The quantitative estimate of drug-likeness (QED) is 0.542. The third kappa shape index (κ3) is 3.88. The minimum atomic E-state index is 0.360. The van der Waals surface area contributed by atoms with Gasteiger partial charge in [-0.05, 0) is 18.8 Å². The number of hydrogen-bond acceptors (Lipinski definition) is 3. The number of rotatable bonds is 4. The molecule has 13 heavy (non-hydrogen) atoms. The van der Waals surface area contributed by atoms with Crippen LogP contribution in [0, 0.1) is 5.92 Å². The highest BCUT2D eigenvalue weighted by molar-refractivity contribution is 8.00. The van der Waals surface area contributed by atoms with Crippen molar-refractivity contribution in [1.29, 1.82) is 0 Å². The lowest BCUT2D eigenvalue weighted by Crippen LogP contribution is -2.45. The van der Waals surface area contributed by atoms with Crippen LogP contribution in [0.2, 0.25) is 0 Å². The fourth-order valence-electron chi connectivity index (χ4n) is 1.50. The van der Waals surface area contributed by atoms with Gasteiger partial charge in [-0.1, -0.05) is 27.2 Å². The van der Waals surface area contributed by atoms with E-state index in [0.29, 0.717) is 10.8 Å². The monoisotopic (exact) mass is 202 g/mol. The fourth-order valence-corrected chi connectivity index (χ4v) is 2.55. The van der Waals surface area contributed by atoms with E-state index in [1.54, 1.807) is 0 Å². The van der Waals surface area contributed by atoms with Crippen LogP contribution < -0.4 is 11.3 Å². The molecule has 1 unspecified atom stereocenters. The Labute approximate surface area is 86.0 Å². The zero-order valence-electron chi connectivity index (χ0n) is 8.97. The van der Waals surface area contributed by atoms with E-state index in [0.717, 1.165) is 11.7 Å². The van der Waals surface area contributed by atoms with Crippen LogP contribution in [0.15, 0.2) is 0 Å². The highest BCUT2D eigenvalue weighted by Gasteiger charge is 2.27. The van der Waals surface area contributed by atoms with Crippen molar-refractivity contribution in [2.45, 2.75) is 50.8 Å². The molecule has 2 nitrogen and oxygen atoms in total. The Kier molecular flexibility index (Phi) is 4.07. The lowest BCUT2D eigenvalue weighted by Gasteiger charge is -2.34. The van der Waals surface area contributed by atoms with E-state index in [1.165, 1.54) is 19.3 Å². The van der Waals surface area contributed by atoms with Crippen molar-refractivity contribution in [1.82, 2.24) is 5.43 Å². The summed E-state index contributed by atoms with van der Waals surface area (Å²) in [6.07, 6.45) is 4.11. The Morgan fingerprint density at radius 2 is 2.08 bits per heavy atom. The molecule has 0 aromatic rings. The minimum Gasteiger partial charge on any atom is -0.271 e. The van der Waals surface area contributed by atoms with Gasteiger partial charge in [0, 0.05) is 16.5 Å². The highest BCUT2D eigenvalue weighted by Crippen LogP contribution is 2.33. The molecule has 0 amide bonds. The first-order valence-corrected chi connectivity index (χ1v) is 6.11. The second-order valence-corrected chi connectivity index (χ2v) is 6.73. The molecule has 1 rings (SSSR count). The van der Waals surface area contributed by atoms with E-state index in [-0.39, 0.29) is 0 Å². The fraction of sp³-hybridized carbons (Fsp3) is 1.00. The minimum absolute atomic E-state index is 0.360. The Hall–Kier alpha value is 0.270. The molecule has 1 saturated carbocycles. The van der Waals surface area contributed by atoms with Crippen molar-refractivity contribution in [3.63, 3.8) is 0 Å². The predicted octanol–water partition coefficient (Wildman–Crippen LogP) is 2.15. The summed E-state index contributed by atoms with van der Waals surface area (Å²) in [5.41, 5.74) is 2.96. The van der Waals surface area contributed by atoms with Crippen molar-refractivity contribution in [2.24, 2.45) is 11.8 Å². The number of nitrogens with two attached hydrogens (primary N) is 1. The molecule has 1 aliphatic carbocycles. The first kappa shape index (κ1) is 11.3. The maximum absolute atomic E-state index is 5.55. The van der Waals surface area contributed by atoms with E-state index in [1.807, 2.05) is 11.8 Å². The lowest BCUT2D eigenvalue weighted by molar-refractivity contribution is 0.245. The zero-order chi connectivity index (χ0) is 9.90. The van der Waals surface area contributed by atoms with Gasteiger partial charge in [0.2, 0.25) is 0 Å². The van der Waals surface area contributed by atoms with Crippen LogP contribution in [0.25, 0.3) is 0 Å². The SMILES string of the molecule is CC(C)(C)SCC(NN)C1CCC1. The molecule has 0 aromatic carbocycles. The van der Waals surface area contributed by atoms with Gasteiger partial charge in [0.05, 0.1) is 0 Å². The van der Waals surface area contributed by atoms with Gasteiger partial charge >= 0.3 is 0 Å². The van der Waals surface area contributed by atoms with Gasteiger partial charge in [0.1, 0.15) is 0 Å². The van der Waals surface area contributed by atoms with Crippen molar-refractivity contribution < 1.29 is 0 Å². The standard InChI is InChI=1S/C10H22N2S/c1-10(2,3)13-7-9(12-11)8-5-4-6-8/h8-9,12H,4-7,11H2,1-3H3. The van der Waals surface area contributed by atoms with E-state index < -0.39 is 0 Å². The predicted molar refractivity (Wildman–Crippen MR) is 60.7 cm³/mol. The van der Waals surface area contributed by atoms with Gasteiger partial charge in [0.25, 0.3) is 0 Å². The number of hydrogen-bond donors (Lipinski definition) is 2. The largest absolute Gasteiger partial charge is 0.271 e. The maximum atomic E-state index is 5.55. The van der Waals surface area contributed by atoms with Crippen LogP contribution >= 0.6 is 11.8 Å². The van der Waals surface area contributed by atoms with Gasteiger partial charge in [-0.2, -0.15) is 11.8 Å². The third-order valence-electron chi connectivity index (χ3n) is 2.63. The molecule has 1 atom stereocenters. The molecule has 3 N–H and O–H groups in total. The molecule has 3 heteroatoms. The normalized spacial score (nSPS) is 21.2. The molecule has 0 radical (unpaired) electrons. The zero-order valence-corrected chi connectivity index (χ0v) is 9.79.